The maximum Gasteiger partial charge on any atom is 0.165 e. The molecule has 0 aliphatic heterocycles. The summed E-state index contributed by atoms with van der Waals surface area (Å²) in [5.74, 6) is -2.22. The van der Waals surface area contributed by atoms with Crippen LogP contribution >= 0.6 is 0 Å². The molecule has 0 atom stereocenters. The average molecular weight is 257 g/mol. The van der Waals surface area contributed by atoms with Gasteiger partial charge in [0.1, 0.15) is 5.82 Å². The van der Waals surface area contributed by atoms with E-state index in [1.807, 2.05) is 0 Å². The minimum absolute atomic E-state index is 0.0756. The van der Waals surface area contributed by atoms with Crippen LogP contribution in [-0.4, -0.2) is 18.4 Å². The Morgan fingerprint density at radius 3 is 2.44 bits per heavy atom. The Labute approximate surface area is 105 Å². The predicted octanol–water partition coefficient (Wildman–Crippen LogP) is 2.67. The van der Waals surface area contributed by atoms with Gasteiger partial charge in [0.05, 0.1) is 12.7 Å². The number of Topliss-reactive ketones (excluding diaryl/α,β-unsaturated/α-hetero) is 1. The number of benzene rings is 1. The third-order valence-corrected chi connectivity index (χ3v) is 2.54. The van der Waals surface area contributed by atoms with Crippen molar-refractivity contribution in [2.45, 2.75) is 32.2 Å². The summed E-state index contributed by atoms with van der Waals surface area (Å²) in [6, 6.07) is 1.73. The van der Waals surface area contributed by atoms with Crippen LogP contribution in [0.2, 0.25) is 0 Å². The second kappa shape index (κ2) is 5.44. The third kappa shape index (κ3) is 3.77. The monoisotopic (exact) mass is 257 g/mol. The van der Waals surface area contributed by atoms with E-state index in [4.69, 9.17) is 5.73 Å². The number of hydrogen-bond acceptors (Lipinski definition) is 3. The number of nitrogens with two attached hydrogens (primary N) is 1. The van der Waals surface area contributed by atoms with Gasteiger partial charge in [0.2, 0.25) is 0 Å². The van der Waals surface area contributed by atoms with Crippen molar-refractivity contribution < 1.29 is 18.3 Å². The number of ketones is 1. The number of carbonyl (C=O) groups is 1. The molecule has 0 saturated heterocycles. The number of ether oxygens (including phenoxy) is 1. The Kier molecular flexibility index (Phi) is 4.40. The van der Waals surface area contributed by atoms with Crippen molar-refractivity contribution in [3.8, 4) is 5.75 Å². The molecule has 0 bridgehead atoms. The lowest BCUT2D eigenvalue weighted by molar-refractivity contribution is 0.0968. The van der Waals surface area contributed by atoms with Crippen LogP contribution in [0.15, 0.2) is 12.1 Å². The Balaban J connectivity index is 2.90. The quantitative estimate of drug-likeness (QED) is 0.825. The van der Waals surface area contributed by atoms with Crippen LogP contribution in [0.3, 0.4) is 0 Å². The Bertz CT molecular complexity index is 453. The van der Waals surface area contributed by atoms with Crippen molar-refractivity contribution in [3.63, 3.8) is 0 Å². The number of rotatable bonds is 5. The van der Waals surface area contributed by atoms with Gasteiger partial charge >= 0.3 is 0 Å². The van der Waals surface area contributed by atoms with Crippen LogP contribution in [0.1, 0.15) is 37.0 Å². The summed E-state index contributed by atoms with van der Waals surface area (Å²) in [5.41, 5.74) is 4.95. The largest absolute Gasteiger partial charge is 0.494 e. The minimum Gasteiger partial charge on any atom is -0.494 e. The zero-order chi connectivity index (χ0) is 13.9. The van der Waals surface area contributed by atoms with Crippen molar-refractivity contribution in [2.75, 3.05) is 7.11 Å². The van der Waals surface area contributed by atoms with E-state index in [2.05, 4.69) is 4.74 Å². The molecule has 0 saturated carbocycles. The van der Waals surface area contributed by atoms with Crippen molar-refractivity contribution in [1.82, 2.24) is 0 Å². The summed E-state index contributed by atoms with van der Waals surface area (Å²) in [6.07, 6.45) is 0.477. The van der Waals surface area contributed by atoms with E-state index in [1.54, 1.807) is 13.8 Å². The molecule has 18 heavy (non-hydrogen) atoms. The fourth-order valence-electron chi connectivity index (χ4n) is 1.47. The Hall–Kier alpha value is -1.49. The number of hydrogen-bond donors (Lipinski definition) is 1. The van der Waals surface area contributed by atoms with Crippen molar-refractivity contribution in [2.24, 2.45) is 5.73 Å². The van der Waals surface area contributed by atoms with Gasteiger partial charge in [-0.2, -0.15) is 0 Å². The van der Waals surface area contributed by atoms with E-state index < -0.39 is 23.0 Å². The zero-order valence-electron chi connectivity index (χ0n) is 10.7. The number of halogens is 2. The zero-order valence-corrected chi connectivity index (χ0v) is 10.7. The highest BCUT2D eigenvalue weighted by Crippen LogP contribution is 2.23. The summed E-state index contributed by atoms with van der Waals surface area (Å²) in [4.78, 5) is 11.8. The second-order valence-electron chi connectivity index (χ2n) is 4.88. The molecule has 5 heteroatoms. The Morgan fingerprint density at radius 2 is 1.94 bits per heavy atom. The summed E-state index contributed by atoms with van der Waals surface area (Å²) >= 11 is 0. The smallest absolute Gasteiger partial charge is 0.165 e. The highest BCUT2D eigenvalue weighted by molar-refractivity contribution is 5.96. The molecule has 0 aromatic heterocycles. The van der Waals surface area contributed by atoms with Gasteiger partial charge in [-0.25, -0.2) is 8.78 Å². The molecular formula is C13H17F2NO2. The van der Waals surface area contributed by atoms with Crippen LogP contribution < -0.4 is 10.5 Å². The first-order chi connectivity index (χ1) is 8.24. The third-order valence-electron chi connectivity index (χ3n) is 2.54. The van der Waals surface area contributed by atoms with E-state index in [0.29, 0.717) is 6.42 Å². The Morgan fingerprint density at radius 1 is 1.33 bits per heavy atom. The van der Waals surface area contributed by atoms with Crippen molar-refractivity contribution in [3.05, 3.63) is 29.3 Å². The lowest BCUT2D eigenvalue weighted by Crippen LogP contribution is -2.32. The SMILES string of the molecule is COc1cc(F)c(C(=O)CCC(C)(C)N)cc1F. The van der Waals surface area contributed by atoms with Gasteiger partial charge in [0.15, 0.2) is 17.3 Å². The normalized spacial score (nSPS) is 11.4. The van der Waals surface area contributed by atoms with Gasteiger partial charge in [-0.15, -0.1) is 0 Å². The van der Waals surface area contributed by atoms with Gasteiger partial charge in [-0.3, -0.25) is 4.79 Å². The van der Waals surface area contributed by atoms with E-state index in [1.165, 1.54) is 7.11 Å². The molecule has 0 radical (unpaired) electrons. The van der Waals surface area contributed by atoms with Gasteiger partial charge < -0.3 is 10.5 Å². The van der Waals surface area contributed by atoms with Gasteiger partial charge in [-0.1, -0.05) is 0 Å². The predicted molar refractivity (Wildman–Crippen MR) is 64.7 cm³/mol. The van der Waals surface area contributed by atoms with Gasteiger partial charge in [-0.05, 0) is 26.3 Å². The highest BCUT2D eigenvalue weighted by Gasteiger charge is 2.19. The van der Waals surface area contributed by atoms with E-state index in [9.17, 15) is 13.6 Å². The molecule has 1 aromatic rings. The molecular weight excluding hydrogens is 240 g/mol. The molecule has 0 aliphatic carbocycles. The maximum absolute atomic E-state index is 13.6. The van der Waals surface area contributed by atoms with Crippen LogP contribution in [-0.2, 0) is 0 Å². The molecule has 0 heterocycles. The van der Waals surface area contributed by atoms with E-state index >= 15 is 0 Å². The van der Waals surface area contributed by atoms with E-state index in [-0.39, 0.29) is 17.7 Å². The van der Waals surface area contributed by atoms with Crippen molar-refractivity contribution >= 4 is 5.78 Å². The standard InChI is InChI=1S/C13H17F2NO2/c1-13(2,16)5-4-11(17)8-6-10(15)12(18-3)7-9(8)14/h6-7H,4-5,16H2,1-3H3. The minimum atomic E-state index is -0.784. The summed E-state index contributed by atoms with van der Waals surface area (Å²) in [5, 5.41) is 0. The number of carbonyl (C=O) groups excluding carboxylic acids is 1. The molecule has 3 nitrogen and oxygen atoms in total. The van der Waals surface area contributed by atoms with Crippen LogP contribution in [0.4, 0.5) is 8.78 Å². The first-order valence-corrected chi connectivity index (χ1v) is 5.59. The second-order valence-corrected chi connectivity index (χ2v) is 4.88. The number of methoxy groups -OCH3 is 1. The summed E-state index contributed by atoms with van der Waals surface area (Å²) < 4.78 is 31.6. The molecule has 0 amide bonds. The fraction of sp³-hybridized carbons (Fsp3) is 0.462. The first-order valence-electron chi connectivity index (χ1n) is 5.59. The molecule has 1 rings (SSSR count). The molecule has 0 fully saturated rings. The molecule has 0 spiro atoms. The van der Waals surface area contributed by atoms with Crippen LogP contribution in [0.5, 0.6) is 5.75 Å². The molecule has 0 unspecified atom stereocenters. The molecule has 100 valence electrons. The summed E-state index contributed by atoms with van der Waals surface area (Å²) in [7, 11) is 1.23. The van der Waals surface area contributed by atoms with Gasteiger partial charge in [0, 0.05) is 18.0 Å². The lowest BCUT2D eigenvalue weighted by atomic mass is 9.96. The lowest BCUT2D eigenvalue weighted by Gasteiger charge is -2.17. The molecule has 0 aliphatic rings. The fourth-order valence-corrected chi connectivity index (χ4v) is 1.47. The average Bonchev–Trinajstić information content (AvgIpc) is 2.27. The highest BCUT2D eigenvalue weighted by atomic mass is 19.1. The van der Waals surface area contributed by atoms with E-state index in [0.717, 1.165) is 12.1 Å². The first kappa shape index (κ1) is 14.6. The van der Waals surface area contributed by atoms with Crippen LogP contribution in [0, 0.1) is 11.6 Å². The topological polar surface area (TPSA) is 52.3 Å². The molecule has 1 aromatic carbocycles. The van der Waals surface area contributed by atoms with Gasteiger partial charge in [0.25, 0.3) is 0 Å². The van der Waals surface area contributed by atoms with Crippen LogP contribution in [0.25, 0.3) is 0 Å². The van der Waals surface area contributed by atoms with Crippen molar-refractivity contribution in [1.29, 1.82) is 0 Å². The molecule has 2 N–H and O–H groups in total. The summed E-state index contributed by atoms with van der Waals surface area (Å²) in [6.45, 7) is 3.54. The maximum atomic E-state index is 13.6.